The number of rotatable bonds is 3. The molecule has 2 N–H and O–H groups in total. The van der Waals surface area contributed by atoms with Gasteiger partial charge in [-0.25, -0.2) is 0 Å². The fourth-order valence-electron chi connectivity index (χ4n) is 3.02. The number of carboxylic acid groups (broad SMARTS) is 1. The van der Waals surface area contributed by atoms with Crippen molar-refractivity contribution in [1.29, 1.82) is 0 Å². The lowest BCUT2D eigenvalue weighted by Gasteiger charge is -2.33. The van der Waals surface area contributed by atoms with Crippen molar-refractivity contribution in [2.45, 2.75) is 38.6 Å². The minimum atomic E-state index is -0.911. The summed E-state index contributed by atoms with van der Waals surface area (Å²) in [6.45, 7) is 2.84. The van der Waals surface area contributed by atoms with Gasteiger partial charge in [0, 0.05) is 26.1 Å². The predicted molar refractivity (Wildman–Crippen MR) is 76.4 cm³/mol. The second-order valence-corrected chi connectivity index (χ2v) is 5.78. The summed E-state index contributed by atoms with van der Waals surface area (Å²) >= 11 is 0. The molecule has 0 radical (unpaired) electrons. The Labute approximate surface area is 124 Å². The number of carboxylic acids is 1. The van der Waals surface area contributed by atoms with Gasteiger partial charge >= 0.3 is 5.97 Å². The third kappa shape index (κ3) is 3.83. The quantitative estimate of drug-likeness (QED) is 0.753. The number of likely N-dealkylation sites (tertiary alicyclic amines) is 1. The van der Waals surface area contributed by atoms with E-state index in [9.17, 15) is 19.5 Å². The molecule has 1 aliphatic heterocycles. The third-order valence-corrected chi connectivity index (χ3v) is 4.37. The number of hydrogen-bond donors (Lipinski definition) is 2. The maximum atomic E-state index is 12.3. The van der Waals surface area contributed by atoms with Crippen LogP contribution in [0.5, 0.6) is 0 Å². The lowest BCUT2D eigenvalue weighted by atomic mass is 9.82. The van der Waals surface area contributed by atoms with E-state index >= 15 is 0 Å². The van der Waals surface area contributed by atoms with E-state index in [0.717, 1.165) is 12.8 Å². The van der Waals surface area contributed by atoms with Gasteiger partial charge in [-0.2, -0.15) is 0 Å². The summed E-state index contributed by atoms with van der Waals surface area (Å²) in [4.78, 5) is 36.6. The van der Waals surface area contributed by atoms with Crippen LogP contribution in [0.4, 0.5) is 0 Å². The molecule has 2 amide bonds. The summed E-state index contributed by atoms with van der Waals surface area (Å²) in [7, 11) is 0. The van der Waals surface area contributed by atoms with Crippen molar-refractivity contribution in [1.82, 2.24) is 10.2 Å². The maximum absolute atomic E-state index is 12.3. The SMILES string of the molecule is CC(=O)N1CCC(NC(=O)[C@@H]2CC=CC[C@@H]2C(=O)O)CC1. The Balaban J connectivity index is 1.88. The van der Waals surface area contributed by atoms with Crippen LogP contribution in [0.1, 0.15) is 32.6 Å². The van der Waals surface area contributed by atoms with Crippen LogP contribution in [-0.4, -0.2) is 46.9 Å². The number of allylic oxidation sites excluding steroid dienone is 2. The van der Waals surface area contributed by atoms with Crippen LogP contribution in [0.2, 0.25) is 0 Å². The zero-order valence-corrected chi connectivity index (χ0v) is 12.2. The van der Waals surface area contributed by atoms with Gasteiger partial charge < -0.3 is 15.3 Å². The smallest absolute Gasteiger partial charge is 0.307 e. The average molecular weight is 294 g/mol. The van der Waals surface area contributed by atoms with Gasteiger partial charge in [0.25, 0.3) is 0 Å². The van der Waals surface area contributed by atoms with E-state index in [1.807, 2.05) is 12.2 Å². The van der Waals surface area contributed by atoms with Gasteiger partial charge in [0.05, 0.1) is 11.8 Å². The zero-order valence-electron chi connectivity index (χ0n) is 12.2. The number of carbonyl (C=O) groups excluding carboxylic acids is 2. The van der Waals surface area contributed by atoms with Gasteiger partial charge in [-0.3, -0.25) is 14.4 Å². The number of nitrogens with zero attached hydrogens (tertiary/aromatic N) is 1. The van der Waals surface area contributed by atoms with Crippen LogP contribution in [0, 0.1) is 11.8 Å². The van der Waals surface area contributed by atoms with E-state index in [1.54, 1.807) is 11.8 Å². The summed E-state index contributed by atoms with van der Waals surface area (Å²) in [6, 6.07) is 0.0356. The molecule has 0 bridgehead atoms. The van der Waals surface area contributed by atoms with Gasteiger partial charge in [-0.15, -0.1) is 0 Å². The van der Waals surface area contributed by atoms with Crippen molar-refractivity contribution < 1.29 is 19.5 Å². The molecule has 1 fully saturated rings. The fourth-order valence-corrected chi connectivity index (χ4v) is 3.02. The van der Waals surface area contributed by atoms with Crippen LogP contribution >= 0.6 is 0 Å². The Hall–Kier alpha value is -1.85. The molecular formula is C15H22N2O4. The first-order chi connectivity index (χ1) is 9.99. The van der Waals surface area contributed by atoms with E-state index in [2.05, 4.69) is 5.32 Å². The predicted octanol–water partition coefficient (Wildman–Crippen LogP) is 0.780. The average Bonchev–Trinajstić information content (AvgIpc) is 2.47. The molecule has 2 aliphatic rings. The van der Waals surface area contributed by atoms with Crippen LogP contribution in [0.15, 0.2) is 12.2 Å². The van der Waals surface area contributed by atoms with Gasteiger partial charge in [0.2, 0.25) is 11.8 Å². The molecule has 0 aromatic heterocycles. The minimum Gasteiger partial charge on any atom is -0.481 e. The molecule has 1 aliphatic carbocycles. The van der Waals surface area contributed by atoms with Crippen molar-refractivity contribution in [2.75, 3.05) is 13.1 Å². The highest BCUT2D eigenvalue weighted by atomic mass is 16.4. The van der Waals surface area contributed by atoms with Crippen molar-refractivity contribution in [3.63, 3.8) is 0 Å². The topological polar surface area (TPSA) is 86.7 Å². The van der Waals surface area contributed by atoms with Gasteiger partial charge in [-0.05, 0) is 25.7 Å². The summed E-state index contributed by atoms with van der Waals surface area (Å²) in [5.41, 5.74) is 0. The second kappa shape index (κ2) is 6.74. The molecule has 116 valence electrons. The zero-order chi connectivity index (χ0) is 15.4. The Morgan fingerprint density at radius 2 is 1.67 bits per heavy atom. The maximum Gasteiger partial charge on any atom is 0.307 e. The van der Waals surface area contributed by atoms with Crippen LogP contribution < -0.4 is 5.32 Å². The van der Waals surface area contributed by atoms with Crippen molar-refractivity contribution >= 4 is 17.8 Å². The Bertz CT molecular complexity index is 453. The third-order valence-electron chi connectivity index (χ3n) is 4.37. The van der Waals surface area contributed by atoms with Crippen molar-refractivity contribution in [2.24, 2.45) is 11.8 Å². The van der Waals surface area contributed by atoms with Gasteiger partial charge in [0.1, 0.15) is 0 Å². The molecule has 6 nitrogen and oxygen atoms in total. The van der Waals surface area contributed by atoms with E-state index in [0.29, 0.717) is 25.9 Å². The number of carbonyl (C=O) groups is 3. The largest absolute Gasteiger partial charge is 0.481 e. The first-order valence-electron chi connectivity index (χ1n) is 7.42. The second-order valence-electron chi connectivity index (χ2n) is 5.78. The normalized spacial score (nSPS) is 26.4. The summed E-state index contributed by atoms with van der Waals surface area (Å²) in [6.07, 6.45) is 6.05. The molecule has 2 rings (SSSR count). The molecule has 0 unspecified atom stereocenters. The lowest BCUT2D eigenvalue weighted by Crippen LogP contribution is -2.49. The number of aliphatic carboxylic acids is 1. The summed E-state index contributed by atoms with van der Waals surface area (Å²) < 4.78 is 0. The molecule has 0 saturated carbocycles. The van der Waals surface area contributed by atoms with Crippen molar-refractivity contribution in [3.8, 4) is 0 Å². The fraction of sp³-hybridized carbons (Fsp3) is 0.667. The minimum absolute atomic E-state index is 0.0356. The highest BCUT2D eigenvalue weighted by Gasteiger charge is 2.35. The number of piperidine rings is 1. The molecule has 0 aromatic rings. The van der Waals surface area contributed by atoms with E-state index in [1.165, 1.54) is 0 Å². The van der Waals surface area contributed by atoms with Gasteiger partial charge in [-0.1, -0.05) is 12.2 Å². The molecule has 1 heterocycles. The Morgan fingerprint density at radius 1 is 1.10 bits per heavy atom. The van der Waals surface area contributed by atoms with Crippen LogP contribution in [0.3, 0.4) is 0 Å². The summed E-state index contributed by atoms with van der Waals surface area (Å²) in [5, 5.41) is 12.2. The number of hydrogen-bond acceptors (Lipinski definition) is 3. The standard InChI is InChI=1S/C15H22N2O4/c1-10(18)17-8-6-11(7-9-17)16-14(19)12-4-2-3-5-13(12)15(20)21/h2-3,11-13H,4-9H2,1H3,(H,16,19)(H,20,21)/t12-,13+/m1/s1. The first kappa shape index (κ1) is 15.5. The Morgan fingerprint density at radius 3 is 2.19 bits per heavy atom. The highest BCUT2D eigenvalue weighted by molar-refractivity contribution is 5.85. The molecule has 0 spiro atoms. The number of amides is 2. The molecule has 21 heavy (non-hydrogen) atoms. The van der Waals surface area contributed by atoms with Crippen molar-refractivity contribution in [3.05, 3.63) is 12.2 Å². The van der Waals surface area contributed by atoms with Crippen LogP contribution in [0.25, 0.3) is 0 Å². The highest BCUT2D eigenvalue weighted by Crippen LogP contribution is 2.26. The van der Waals surface area contributed by atoms with Gasteiger partial charge in [0.15, 0.2) is 0 Å². The monoisotopic (exact) mass is 294 g/mol. The molecular weight excluding hydrogens is 272 g/mol. The van der Waals surface area contributed by atoms with E-state index in [-0.39, 0.29) is 17.9 Å². The summed E-state index contributed by atoms with van der Waals surface area (Å²) in [5.74, 6) is -2.15. The van der Waals surface area contributed by atoms with E-state index < -0.39 is 17.8 Å². The Kier molecular flexibility index (Phi) is 4.98. The molecule has 6 heteroatoms. The number of nitrogens with one attached hydrogen (secondary N) is 1. The molecule has 2 atom stereocenters. The van der Waals surface area contributed by atoms with Crippen LogP contribution in [-0.2, 0) is 14.4 Å². The lowest BCUT2D eigenvalue weighted by molar-refractivity contribution is -0.147. The molecule has 1 saturated heterocycles. The first-order valence-corrected chi connectivity index (χ1v) is 7.42. The molecule has 0 aromatic carbocycles. The van der Waals surface area contributed by atoms with E-state index in [4.69, 9.17) is 0 Å².